The molecule has 0 saturated carbocycles. The van der Waals surface area contributed by atoms with Crippen LogP contribution in [0.4, 0.5) is 0 Å². The van der Waals surface area contributed by atoms with E-state index in [1.165, 1.54) is 68.5 Å². The molecule has 0 heterocycles. The van der Waals surface area contributed by atoms with Crippen molar-refractivity contribution in [3.63, 3.8) is 0 Å². The number of rotatable bonds is 28. The smallest absolute Gasteiger partial charge is 0.160 e. The second kappa shape index (κ2) is 39.0. The van der Waals surface area contributed by atoms with Crippen LogP contribution in [0.1, 0.15) is 140 Å². The minimum Gasteiger partial charge on any atom is -0.504 e. The number of hydrogen-bond donors (Lipinski definition) is 4. The van der Waals surface area contributed by atoms with Crippen molar-refractivity contribution in [1.82, 2.24) is 0 Å². The van der Waals surface area contributed by atoms with Gasteiger partial charge in [-0.25, -0.2) is 0 Å². The van der Waals surface area contributed by atoms with Gasteiger partial charge in [-0.3, -0.25) is 0 Å². The van der Waals surface area contributed by atoms with Crippen LogP contribution in [0.25, 0.3) is 0 Å². The molecule has 0 aromatic heterocycles. The standard InChI is InChI=1S/C20H25ClO2.2C20H26O2.C19H23ClO2/c1-14(4-7-16-9-6-15(2)18(21)12-16)5-8-17-10-11-19(22)20(13-17)23-3;2*1-15-4-8-17(9-5-15)10-6-16(2)7-11-18-12-13-19(21)20(14-18)22-3;1-14(6-8-15-4-3-5-17(20)12-15)7-9-16-10-11-18(21)19(13-16)22-2/h6,9-14,22H,4-5,7-8H2,1-3H3;2*4-5,8-9,12-14,16,21H,6-7,10-11H2,1-3H3;3-5,10-14,21H,6-9H2,1-2H3. The van der Waals surface area contributed by atoms with Gasteiger partial charge in [0.25, 0.3) is 0 Å². The predicted molar refractivity (Wildman–Crippen MR) is 372 cm³/mol. The Morgan fingerprint density at radius 1 is 0.303 bits per heavy atom. The van der Waals surface area contributed by atoms with Crippen molar-refractivity contribution in [2.75, 3.05) is 28.4 Å². The van der Waals surface area contributed by atoms with E-state index in [2.05, 4.69) is 114 Å². The average molecular weight is 1250 g/mol. The van der Waals surface area contributed by atoms with E-state index < -0.39 is 0 Å². The first kappa shape index (κ1) is 72.5. The Morgan fingerprint density at radius 3 is 0.820 bits per heavy atom. The van der Waals surface area contributed by atoms with Gasteiger partial charge in [0.1, 0.15) is 0 Å². The summed E-state index contributed by atoms with van der Waals surface area (Å²) >= 11 is 12.2. The molecule has 8 rings (SSSR count). The molecule has 0 bridgehead atoms. The van der Waals surface area contributed by atoms with Crippen LogP contribution in [-0.4, -0.2) is 48.9 Å². The third-order valence-electron chi connectivity index (χ3n) is 16.7. The maximum Gasteiger partial charge on any atom is 0.160 e. The van der Waals surface area contributed by atoms with Gasteiger partial charge in [0.05, 0.1) is 28.4 Å². The van der Waals surface area contributed by atoms with Crippen molar-refractivity contribution in [2.45, 2.75) is 151 Å². The number of ether oxygens (including phenoxy) is 4. The van der Waals surface area contributed by atoms with Crippen LogP contribution < -0.4 is 18.9 Å². The summed E-state index contributed by atoms with van der Waals surface area (Å²) in [7, 11) is 6.33. The Balaban J connectivity index is 0.000000216. The first-order valence-electron chi connectivity index (χ1n) is 31.8. The van der Waals surface area contributed by atoms with E-state index in [0.717, 1.165) is 106 Å². The molecule has 4 N–H and O–H groups in total. The third-order valence-corrected chi connectivity index (χ3v) is 17.4. The number of halogens is 2. The molecule has 0 aliphatic carbocycles. The summed E-state index contributed by atoms with van der Waals surface area (Å²) in [5, 5.41) is 40.1. The van der Waals surface area contributed by atoms with E-state index in [1.54, 1.807) is 52.7 Å². The molecule has 8 aromatic carbocycles. The topological polar surface area (TPSA) is 118 Å². The molecule has 0 aliphatic rings. The summed E-state index contributed by atoms with van der Waals surface area (Å²) in [6.45, 7) is 15.5. The maximum absolute atomic E-state index is 9.63. The molecule has 10 heteroatoms. The van der Waals surface area contributed by atoms with Gasteiger partial charge in [0, 0.05) is 10.0 Å². The average Bonchev–Trinajstić information content (AvgIpc) is 3.61. The van der Waals surface area contributed by atoms with E-state index in [4.69, 9.17) is 42.1 Å². The molecular formula is C79H100Cl2O8. The van der Waals surface area contributed by atoms with Gasteiger partial charge in [-0.05, 0) is 264 Å². The van der Waals surface area contributed by atoms with Crippen LogP contribution in [-0.2, 0) is 51.4 Å². The second-order valence-electron chi connectivity index (χ2n) is 24.4. The Labute approximate surface area is 543 Å². The SMILES string of the molecule is COc1cc(CCC(C)CCc2ccc(C)c(Cl)c2)ccc1O.COc1cc(CCC(C)CCc2ccc(C)cc2)ccc1O.COc1cc(CCC(C)CCc2ccc(C)cc2)ccc1O.COc1cc(CCC(C)CCc2cccc(Cl)c2)ccc1O. The molecule has 8 aromatic rings. The number of methoxy groups -OCH3 is 4. The molecule has 0 fully saturated rings. The van der Waals surface area contributed by atoms with Crippen LogP contribution in [0, 0.1) is 44.4 Å². The third kappa shape index (κ3) is 27.2. The molecule has 0 aliphatic heterocycles. The van der Waals surface area contributed by atoms with E-state index in [0.29, 0.717) is 46.7 Å². The van der Waals surface area contributed by atoms with Crippen molar-refractivity contribution in [3.8, 4) is 46.0 Å². The lowest BCUT2D eigenvalue weighted by atomic mass is 9.94. The number of phenolic OH excluding ortho intramolecular Hbond substituents is 4. The van der Waals surface area contributed by atoms with Crippen molar-refractivity contribution in [3.05, 3.63) is 235 Å². The minimum absolute atomic E-state index is 0.195. The predicted octanol–water partition coefficient (Wildman–Crippen LogP) is 20.6. The zero-order chi connectivity index (χ0) is 64.7. The number of aromatic hydroxyl groups is 4. The Kier molecular flexibility index (Phi) is 31.8. The van der Waals surface area contributed by atoms with Gasteiger partial charge < -0.3 is 39.4 Å². The highest BCUT2D eigenvalue weighted by Gasteiger charge is 2.12. The summed E-state index contributed by atoms with van der Waals surface area (Å²) in [6, 6.07) is 54.5. The molecule has 4 unspecified atom stereocenters. The molecule has 8 nitrogen and oxygen atoms in total. The summed E-state index contributed by atoms with van der Waals surface area (Å²) in [5.74, 6) is 5.65. The fourth-order valence-electron chi connectivity index (χ4n) is 10.4. The van der Waals surface area contributed by atoms with Gasteiger partial charge in [-0.2, -0.15) is 0 Å². The number of aryl methyl sites for hydroxylation is 11. The van der Waals surface area contributed by atoms with E-state index in [1.807, 2.05) is 73.7 Å². The first-order chi connectivity index (χ1) is 42.7. The van der Waals surface area contributed by atoms with Crippen molar-refractivity contribution < 1.29 is 39.4 Å². The van der Waals surface area contributed by atoms with Crippen LogP contribution in [0.2, 0.25) is 10.0 Å². The van der Waals surface area contributed by atoms with Crippen LogP contribution in [0.5, 0.6) is 46.0 Å². The van der Waals surface area contributed by atoms with E-state index in [-0.39, 0.29) is 23.0 Å². The number of phenols is 4. The minimum atomic E-state index is 0.195. The highest BCUT2D eigenvalue weighted by Crippen LogP contribution is 2.32. The lowest BCUT2D eigenvalue weighted by Crippen LogP contribution is -2.00. The number of hydrogen-bond acceptors (Lipinski definition) is 8. The summed E-state index contributed by atoms with van der Waals surface area (Å²) in [6.07, 6.45) is 17.7. The molecular weight excluding hydrogens is 1150 g/mol. The molecule has 0 amide bonds. The van der Waals surface area contributed by atoms with Gasteiger partial charge in [0.2, 0.25) is 0 Å². The highest BCUT2D eigenvalue weighted by atomic mass is 35.5. The van der Waals surface area contributed by atoms with Gasteiger partial charge in [0.15, 0.2) is 46.0 Å². The van der Waals surface area contributed by atoms with Crippen molar-refractivity contribution in [2.24, 2.45) is 23.7 Å². The number of benzene rings is 8. The zero-order valence-corrected chi connectivity index (χ0v) is 56.4. The van der Waals surface area contributed by atoms with Crippen molar-refractivity contribution >= 4 is 23.2 Å². The monoisotopic (exact) mass is 1250 g/mol. The van der Waals surface area contributed by atoms with Crippen molar-refractivity contribution in [1.29, 1.82) is 0 Å². The summed E-state index contributed by atoms with van der Waals surface area (Å²) in [4.78, 5) is 0. The highest BCUT2D eigenvalue weighted by molar-refractivity contribution is 6.31. The summed E-state index contributed by atoms with van der Waals surface area (Å²) < 4.78 is 20.6. The maximum atomic E-state index is 9.63. The first-order valence-corrected chi connectivity index (χ1v) is 32.5. The Morgan fingerprint density at radius 2 is 0.551 bits per heavy atom. The van der Waals surface area contributed by atoms with Crippen LogP contribution >= 0.6 is 23.2 Å². The Hall–Kier alpha value is -7.26. The van der Waals surface area contributed by atoms with Crippen LogP contribution in [0.3, 0.4) is 0 Å². The summed E-state index contributed by atoms with van der Waals surface area (Å²) in [5.41, 5.74) is 14.0. The normalized spacial score (nSPS) is 12.1. The van der Waals surface area contributed by atoms with E-state index in [9.17, 15) is 20.4 Å². The fourth-order valence-corrected chi connectivity index (χ4v) is 10.8. The van der Waals surface area contributed by atoms with Gasteiger partial charge in [-0.15, -0.1) is 0 Å². The Bertz CT molecular complexity index is 3210. The largest absolute Gasteiger partial charge is 0.504 e. The molecule has 0 radical (unpaired) electrons. The molecule has 0 spiro atoms. The van der Waals surface area contributed by atoms with E-state index >= 15 is 0 Å². The van der Waals surface area contributed by atoms with Gasteiger partial charge >= 0.3 is 0 Å². The molecule has 478 valence electrons. The quantitative estimate of drug-likeness (QED) is 0.0383. The van der Waals surface area contributed by atoms with Crippen LogP contribution in [0.15, 0.2) is 164 Å². The molecule has 0 saturated heterocycles. The molecule has 89 heavy (non-hydrogen) atoms. The fraction of sp³-hybridized carbons (Fsp3) is 0.392. The lowest BCUT2D eigenvalue weighted by Gasteiger charge is -2.13. The zero-order valence-electron chi connectivity index (χ0n) is 54.9. The lowest BCUT2D eigenvalue weighted by molar-refractivity contribution is 0.372. The van der Waals surface area contributed by atoms with Gasteiger partial charge in [-0.1, -0.05) is 159 Å². The second-order valence-corrected chi connectivity index (χ2v) is 25.3. The molecule has 4 atom stereocenters.